The molecule has 0 aliphatic rings. The van der Waals surface area contributed by atoms with Gasteiger partial charge in [-0.15, -0.1) is 11.3 Å². The first-order chi connectivity index (χ1) is 5.68. The first kappa shape index (κ1) is 9.75. The van der Waals surface area contributed by atoms with Crippen LogP contribution < -0.4 is 0 Å². The number of carbonyl (C=O) groups excluding carboxylic acids is 1. The fraction of sp³-hybridized carbons (Fsp3) is 0.444. The van der Waals surface area contributed by atoms with Crippen LogP contribution in [-0.2, 0) is 11.2 Å². The lowest BCUT2D eigenvalue weighted by molar-refractivity contribution is -0.111. The van der Waals surface area contributed by atoms with Gasteiger partial charge in [0.15, 0.2) is 0 Å². The van der Waals surface area contributed by atoms with E-state index < -0.39 is 0 Å². The van der Waals surface area contributed by atoms with Crippen LogP contribution in [0.25, 0.3) is 0 Å². The van der Waals surface area contributed by atoms with Crippen molar-refractivity contribution in [1.29, 1.82) is 0 Å². The predicted molar refractivity (Wildman–Crippen MR) is 52.9 cm³/mol. The highest BCUT2D eigenvalue weighted by molar-refractivity contribution is 7.11. The van der Waals surface area contributed by atoms with Crippen molar-refractivity contribution < 1.29 is 4.79 Å². The highest BCUT2D eigenvalue weighted by atomic mass is 35.5. The summed E-state index contributed by atoms with van der Waals surface area (Å²) in [5.74, 6) is 0. The van der Waals surface area contributed by atoms with Gasteiger partial charge in [-0.2, -0.15) is 0 Å². The maximum Gasteiger partial charge on any atom is 0.221 e. The fourth-order valence-corrected chi connectivity index (χ4v) is 2.09. The van der Waals surface area contributed by atoms with Gasteiger partial charge in [-0.05, 0) is 43.5 Å². The Labute approximate surface area is 81.4 Å². The van der Waals surface area contributed by atoms with Gasteiger partial charge in [-0.1, -0.05) is 0 Å². The molecule has 0 fully saturated rings. The minimum absolute atomic E-state index is 0.233. The Bertz CT molecular complexity index is 267. The number of aryl methyl sites for hydroxylation is 2. The molecule has 0 unspecified atom stereocenters. The summed E-state index contributed by atoms with van der Waals surface area (Å²) in [5, 5.41) is -0.233. The van der Waals surface area contributed by atoms with Gasteiger partial charge < -0.3 is 0 Å². The van der Waals surface area contributed by atoms with Gasteiger partial charge in [0, 0.05) is 16.2 Å². The van der Waals surface area contributed by atoms with Gasteiger partial charge in [0.25, 0.3) is 0 Å². The Morgan fingerprint density at radius 1 is 1.58 bits per heavy atom. The quantitative estimate of drug-likeness (QED) is 0.686. The molecule has 0 aliphatic heterocycles. The molecule has 66 valence electrons. The van der Waals surface area contributed by atoms with Crippen LogP contribution in [0.2, 0.25) is 0 Å². The first-order valence-electron chi connectivity index (χ1n) is 3.92. The Kier molecular flexibility index (Phi) is 3.76. The third kappa shape index (κ3) is 3.37. The summed E-state index contributed by atoms with van der Waals surface area (Å²) in [6.07, 6.45) is 2.32. The highest BCUT2D eigenvalue weighted by Gasteiger charge is 1.99. The molecule has 0 atom stereocenters. The molecule has 0 amide bonds. The zero-order valence-electron chi connectivity index (χ0n) is 6.97. The smallest absolute Gasteiger partial charge is 0.221 e. The molecule has 1 nitrogen and oxygen atoms in total. The minimum Gasteiger partial charge on any atom is -0.281 e. The van der Waals surface area contributed by atoms with Crippen molar-refractivity contribution in [3.05, 3.63) is 21.9 Å². The van der Waals surface area contributed by atoms with E-state index in [1.54, 1.807) is 11.3 Å². The molecule has 1 heterocycles. The number of carbonyl (C=O) groups is 1. The first-order valence-corrected chi connectivity index (χ1v) is 5.11. The average molecular weight is 203 g/mol. The van der Waals surface area contributed by atoms with Gasteiger partial charge >= 0.3 is 0 Å². The molecule has 0 spiro atoms. The number of rotatable bonds is 4. The molecule has 0 aliphatic carbocycles. The third-order valence-electron chi connectivity index (χ3n) is 1.59. The van der Waals surface area contributed by atoms with E-state index in [4.69, 9.17) is 11.6 Å². The number of thiophene rings is 1. The number of hydrogen-bond donors (Lipinski definition) is 0. The molecule has 0 N–H and O–H groups in total. The van der Waals surface area contributed by atoms with Crippen LogP contribution in [0.5, 0.6) is 0 Å². The Morgan fingerprint density at radius 2 is 2.33 bits per heavy atom. The molecule has 0 saturated carbocycles. The van der Waals surface area contributed by atoms with E-state index in [2.05, 4.69) is 19.1 Å². The second-order valence-corrected chi connectivity index (χ2v) is 4.52. The number of hydrogen-bond acceptors (Lipinski definition) is 2. The van der Waals surface area contributed by atoms with E-state index in [9.17, 15) is 4.79 Å². The molecular formula is C9H11ClOS. The second-order valence-electron chi connectivity index (χ2n) is 2.72. The van der Waals surface area contributed by atoms with Crippen molar-refractivity contribution in [2.75, 3.05) is 0 Å². The van der Waals surface area contributed by atoms with Gasteiger partial charge in [0.1, 0.15) is 0 Å². The monoisotopic (exact) mass is 202 g/mol. The molecule has 0 aromatic carbocycles. The Morgan fingerprint density at radius 3 is 2.83 bits per heavy atom. The summed E-state index contributed by atoms with van der Waals surface area (Å²) in [6, 6.07) is 4.21. The standard InChI is InChI=1S/C9H11ClOS/c1-7-5-6-8(12-7)3-2-4-9(10)11/h5-6H,2-4H2,1H3. The molecule has 1 aromatic heterocycles. The van der Waals surface area contributed by atoms with Gasteiger partial charge in [-0.3, -0.25) is 4.79 Å². The van der Waals surface area contributed by atoms with Crippen LogP contribution in [0.15, 0.2) is 12.1 Å². The van der Waals surface area contributed by atoms with E-state index in [0.717, 1.165) is 12.8 Å². The van der Waals surface area contributed by atoms with Crippen molar-refractivity contribution in [1.82, 2.24) is 0 Å². The normalized spacial score (nSPS) is 10.2. The lowest BCUT2D eigenvalue weighted by atomic mass is 10.2. The van der Waals surface area contributed by atoms with Crippen molar-refractivity contribution >= 4 is 28.2 Å². The van der Waals surface area contributed by atoms with E-state index in [-0.39, 0.29) is 5.24 Å². The topological polar surface area (TPSA) is 17.1 Å². The average Bonchev–Trinajstić information content (AvgIpc) is 2.35. The van der Waals surface area contributed by atoms with Crippen LogP contribution in [0.4, 0.5) is 0 Å². The largest absolute Gasteiger partial charge is 0.281 e. The Balaban J connectivity index is 2.29. The van der Waals surface area contributed by atoms with Gasteiger partial charge in [0.05, 0.1) is 0 Å². The van der Waals surface area contributed by atoms with Crippen LogP contribution in [0.3, 0.4) is 0 Å². The summed E-state index contributed by atoms with van der Waals surface area (Å²) in [6.45, 7) is 2.08. The zero-order valence-corrected chi connectivity index (χ0v) is 8.54. The summed E-state index contributed by atoms with van der Waals surface area (Å²) >= 11 is 7.00. The van der Waals surface area contributed by atoms with E-state index >= 15 is 0 Å². The molecule has 1 aromatic rings. The van der Waals surface area contributed by atoms with Crippen molar-refractivity contribution in [3.8, 4) is 0 Å². The molecule has 0 radical (unpaired) electrons. The molecule has 3 heteroatoms. The van der Waals surface area contributed by atoms with Crippen molar-refractivity contribution in [3.63, 3.8) is 0 Å². The van der Waals surface area contributed by atoms with Crippen LogP contribution in [0, 0.1) is 6.92 Å². The lowest BCUT2D eigenvalue weighted by Gasteiger charge is -1.92. The Hall–Kier alpha value is -0.340. The summed E-state index contributed by atoms with van der Waals surface area (Å²) in [7, 11) is 0. The second kappa shape index (κ2) is 4.63. The van der Waals surface area contributed by atoms with Crippen molar-refractivity contribution in [2.45, 2.75) is 26.2 Å². The van der Waals surface area contributed by atoms with Crippen LogP contribution in [0.1, 0.15) is 22.6 Å². The molecule has 0 saturated heterocycles. The summed E-state index contributed by atoms with van der Waals surface area (Å²) < 4.78 is 0. The molecule has 12 heavy (non-hydrogen) atoms. The van der Waals surface area contributed by atoms with Crippen molar-refractivity contribution in [2.24, 2.45) is 0 Å². The lowest BCUT2D eigenvalue weighted by Crippen LogP contribution is -1.87. The van der Waals surface area contributed by atoms with E-state index in [0.29, 0.717) is 6.42 Å². The maximum absolute atomic E-state index is 10.4. The van der Waals surface area contributed by atoms with Crippen LogP contribution in [-0.4, -0.2) is 5.24 Å². The van der Waals surface area contributed by atoms with E-state index in [1.807, 2.05) is 0 Å². The minimum atomic E-state index is -0.233. The number of halogens is 1. The highest BCUT2D eigenvalue weighted by Crippen LogP contribution is 2.17. The summed E-state index contributed by atoms with van der Waals surface area (Å²) in [5.41, 5.74) is 0. The molecular weight excluding hydrogens is 192 g/mol. The maximum atomic E-state index is 10.4. The molecule has 1 rings (SSSR count). The van der Waals surface area contributed by atoms with Gasteiger partial charge in [-0.25, -0.2) is 0 Å². The fourth-order valence-electron chi connectivity index (χ4n) is 1.02. The summed E-state index contributed by atoms with van der Waals surface area (Å²) in [4.78, 5) is 13.1. The zero-order chi connectivity index (χ0) is 8.97. The van der Waals surface area contributed by atoms with Crippen LogP contribution >= 0.6 is 22.9 Å². The molecule has 0 bridgehead atoms. The van der Waals surface area contributed by atoms with E-state index in [1.165, 1.54) is 9.75 Å². The van der Waals surface area contributed by atoms with Gasteiger partial charge in [0.2, 0.25) is 5.24 Å². The third-order valence-corrected chi connectivity index (χ3v) is 2.84. The predicted octanol–water partition coefficient (Wildman–Crippen LogP) is 3.14. The SMILES string of the molecule is Cc1ccc(CCCC(=O)Cl)s1.